The number of carboxylic acids is 1. The van der Waals surface area contributed by atoms with Crippen LogP contribution < -0.4 is 5.43 Å². The first kappa shape index (κ1) is 10.1. The minimum atomic E-state index is -1.10. The number of hydrazone groups is 1. The predicted molar refractivity (Wildman–Crippen MR) is 61.5 cm³/mol. The van der Waals surface area contributed by atoms with Gasteiger partial charge in [-0.05, 0) is 18.2 Å². The quantitative estimate of drug-likeness (QED) is 0.603. The number of nitrogens with one attached hydrogen (secondary N) is 1. The highest BCUT2D eigenvalue weighted by Gasteiger charge is 1.95. The smallest absolute Gasteiger partial charge is 0.348 e. The van der Waals surface area contributed by atoms with Crippen LogP contribution in [0.15, 0.2) is 41.5 Å². The van der Waals surface area contributed by atoms with Gasteiger partial charge in [0.05, 0.1) is 5.52 Å². The molecule has 0 saturated carbocycles. The number of nitrogens with zero attached hydrogens (tertiary/aromatic N) is 2. The zero-order valence-electron chi connectivity index (χ0n) is 8.29. The number of rotatable bonds is 3. The van der Waals surface area contributed by atoms with Gasteiger partial charge in [0, 0.05) is 5.39 Å². The molecule has 0 atom stereocenters. The van der Waals surface area contributed by atoms with Crippen LogP contribution in [0.3, 0.4) is 0 Å². The van der Waals surface area contributed by atoms with E-state index >= 15 is 0 Å². The van der Waals surface area contributed by atoms with E-state index in [0.717, 1.165) is 17.1 Å². The molecule has 0 unspecified atom stereocenters. The molecule has 0 amide bonds. The van der Waals surface area contributed by atoms with E-state index < -0.39 is 5.97 Å². The van der Waals surface area contributed by atoms with Crippen LogP contribution in [-0.4, -0.2) is 22.3 Å². The van der Waals surface area contributed by atoms with E-state index in [-0.39, 0.29) is 0 Å². The molecule has 0 saturated heterocycles. The molecule has 0 aliphatic rings. The maximum Gasteiger partial charge on any atom is 0.348 e. The number of hydrogen-bond acceptors (Lipinski definition) is 4. The van der Waals surface area contributed by atoms with Crippen molar-refractivity contribution in [3.05, 3.63) is 36.4 Å². The minimum absolute atomic E-state index is 0.510. The number of carbonyl (C=O) groups is 1. The molecule has 1 aromatic carbocycles. The maximum atomic E-state index is 10.2. The summed E-state index contributed by atoms with van der Waals surface area (Å²) in [4.78, 5) is 14.4. The fraction of sp³-hybridized carbons (Fsp3) is 0. The van der Waals surface area contributed by atoms with Crippen molar-refractivity contribution in [2.45, 2.75) is 0 Å². The van der Waals surface area contributed by atoms with E-state index in [9.17, 15) is 4.79 Å². The van der Waals surface area contributed by atoms with Gasteiger partial charge in [-0.2, -0.15) is 5.10 Å². The number of pyridine rings is 1. The highest BCUT2D eigenvalue weighted by atomic mass is 16.4. The van der Waals surface area contributed by atoms with E-state index in [0.29, 0.717) is 5.82 Å². The number of benzene rings is 1. The van der Waals surface area contributed by atoms with Gasteiger partial charge in [-0.1, -0.05) is 18.2 Å². The van der Waals surface area contributed by atoms with E-state index in [1.807, 2.05) is 30.3 Å². The van der Waals surface area contributed by atoms with Gasteiger partial charge < -0.3 is 5.11 Å². The molecule has 0 spiro atoms. The van der Waals surface area contributed by atoms with Gasteiger partial charge >= 0.3 is 5.97 Å². The third kappa shape index (κ3) is 2.33. The fourth-order valence-corrected chi connectivity index (χ4v) is 1.28. The summed E-state index contributed by atoms with van der Waals surface area (Å²) in [5.74, 6) is -0.593. The van der Waals surface area contributed by atoms with Crippen LogP contribution in [-0.2, 0) is 4.79 Å². The number of hydrogen-bond donors (Lipinski definition) is 2. The highest BCUT2D eigenvalue weighted by molar-refractivity contribution is 6.22. The Kier molecular flexibility index (Phi) is 2.77. The SMILES string of the molecule is O=C(O)/C=N/Nc1ccc2ccccc2n1. The Hall–Kier alpha value is -2.43. The lowest BCUT2D eigenvalue weighted by Crippen LogP contribution is -1.99. The Morgan fingerprint density at radius 3 is 2.94 bits per heavy atom. The maximum absolute atomic E-state index is 10.2. The lowest BCUT2D eigenvalue weighted by atomic mass is 10.2. The van der Waals surface area contributed by atoms with Crippen LogP contribution >= 0.6 is 0 Å². The average Bonchev–Trinajstić information content (AvgIpc) is 2.28. The van der Waals surface area contributed by atoms with E-state index in [1.54, 1.807) is 6.07 Å². The van der Waals surface area contributed by atoms with Gasteiger partial charge in [-0.15, -0.1) is 0 Å². The molecule has 80 valence electrons. The van der Waals surface area contributed by atoms with Crippen molar-refractivity contribution in [2.24, 2.45) is 5.10 Å². The second kappa shape index (κ2) is 4.39. The van der Waals surface area contributed by atoms with Gasteiger partial charge in [-0.3, -0.25) is 5.43 Å². The standard InChI is InChI=1S/C11H9N3O2/c15-11(16)7-12-14-10-6-5-8-3-1-2-4-9(8)13-10/h1-7H,(H,13,14)(H,15,16)/b12-7+. The minimum Gasteiger partial charge on any atom is -0.477 e. The number of aliphatic carboxylic acids is 1. The third-order valence-electron chi connectivity index (χ3n) is 1.95. The fourth-order valence-electron chi connectivity index (χ4n) is 1.28. The van der Waals surface area contributed by atoms with Crippen molar-refractivity contribution < 1.29 is 9.90 Å². The highest BCUT2D eigenvalue weighted by Crippen LogP contribution is 2.14. The molecular formula is C11H9N3O2. The van der Waals surface area contributed by atoms with Gasteiger partial charge in [0.2, 0.25) is 0 Å². The lowest BCUT2D eigenvalue weighted by Gasteiger charge is -2.00. The summed E-state index contributed by atoms with van der Waals surface area (Å²) in [6, 6.07) is 11.3. The van der Waals surface area contributed by atoms with Crippen LogP contribution in [0.5, 0.6) is 0 Å². The van der Waals surface area contributed by atoms with E-state index in [1.165, 1.54) is 0 Å². The molecule has 1 aromatic heterocycles. The first-order chi connectivity index (χ1) is 7.75. The topological polar surface area (TPSA) is 74.6 Å². The van der Waals surface area contributed by atoms with Crippen molar-refractivity contribution >= 4 is 28.9 Å². The van der Waals surface area contributed by atoms with Crippen molar-refractivity contribution in [3.8, 4) is 0 Å². The number of anilines is 1. The molecular weight excluding hydrogens is 206 g/mol. The second-order valence-corrected chi connectivity index (χ2v) is 3.10. The summed E-state index contributed by atoms with van der Waals surface area (Å²) < 4.78 is 0. The number of carboxylic acid groups (broad SMARTS) is 1. The van der Waals surface area contributed by atoms with Crippen LogP contribution in [0, 0.1) is 0 Å². The Bertz CT molecular complexity index is 552. The van der Waals surface area contributed by atoms with E-state index in [2.05, 4.69) is 15.5 Å². The molecule has 2 N–H and O–H groups in total. The predicted octanol–water partition coefficient (Wildman–Crippen LogP) is 1.72. The normalized spacial score (nSPS) is 10.8. The van der Waals surface area contributed by atoms with Gasteiger partial charge in [0.25, 0.3) is 0 Å². The average molecular weight is 215 g/mol. The molecule has 5 nitrogen and oxygen atoms in total. The Morgan fingerprint density at radius 2 is 2.12 bits per heavy atom. The number of para-hydroxylation sites is 1. The molecule has 0 bridgehead atoms. The van der Waals surface area contributed by atoms with Crippen molar-refractivity contribution in [3.63, 3.8) is 0 Å². The molecule has 0 aliphatic carbocycles. The van der Waals surface area contributed by atoms with Gasteiger partial charge in [0.15, 0.2) is 0 Å². The zero-order valence-corrected chi connectivity index (χ0v) is 8.29. The summed E-state index contributed by atoms with van der Waals surface area (Å²) in [6.45, 7) is 0. The van der Waals surface area contributed by atoms with Gasteiger partial charge in [0.1, 0.15) is 12.0 Å². The molecule has 2 rings (SSSR count). The van der Waals surface area contributed by atoms with Crippen molar-refractivity contribution in [1.82, 2.24) is 4.98 Å². The molecule has 0 fully saturated rings. The first-order valence-electron chi connectivity index (χ1n) is 4.63. The zero-order chi connectivity index (χ0) is 11.4. The summed E-state index contributed by atoms with van der Waals surface area (Å²) >= 11 is 0. The number of fused-ring (bicyclic) bond motifs is 1. The summed E-state index contributed by atoms with van der Waals surface area (Å²) in [5, 5.41) is 12.9. The first-order valence-corrected chi connectivity index (χ1v) is 4.63. The second-order valence-electron chi connectivity index (χ2n) is 3.10. The molecule has 5 heteroatoms. The van der Waals surface area contributed by atoms with Crippen LogP contribution in [0.1, 0.15) is 0 Å². The molecule has 2 aromatic rings. The van der Waals surface area contributed by atoms with E-state index in [4.69, 9.17) is 5.11 Å². The third-order valence-corrected chi connectivity index (χ3v) is 1.95. The molecule has 0 aliphatic heterocycles. The van der Waals surface area contributed by atoms with Crippen LogP contribution in [0.25, 0.3) is 10.9 Å². The van der Waals surface area contributed by atoms with Gasteiger partial charge in [-0.25, -0.2) is 9.78 Å². The van der Waals surface area contributed by atoms with Crippen LogP contribution in [0.4, 0.5) is 5.82 Å². The van der Waals surface area contributed by atoms with Crippen molar-refractivity contribution in [1.29, 1.82) is 0 Å². The summed E-state index contributed by atoms with van der Waals surface area (Å²) in [5.41, 5.74) is 3.38. The molecule has 1 heterocycles. The Balaban J connectivity index is 2.23. The van der Waals surface area contributed by atoms with Crippen LogP contribution in [0.2, 0.25) is 0 Å². The lowest BCUT2D eigenvalue weighted by molar-refractivity contribution is -0.128. The summed E-state index contributed by atoms with van der Waals surface area (Å²) in [7, 11) is 0. The monoisotopic (exact) mass is 215 g/mol. The largest absolute Gasteiger partial charge is 0.477 e. The summed E-state index contributed by atoms with van der Waals surface area (Å²) in [6.07, 6.45) is 0.775. The Labute approximate surface area is 91.4 Å². The number of aromatic nitrogens is 1. The molecule has 16 heavy (non-hydrogen) atoms. The molecule has 0 radical (unpaired) electrons. The Morgan fingerprint density at radius 1 is 1.31 bits per heavy atom. The van der Waals surface area contributed by atoms with Crippen molar-refractivity contribution in [2.75, 3.05) is 5.43 Å².